The number of amides is 2. The zero-order valence-electron chi connectivity index (χ0n) is 24.7. The van der Waals surface area contributed by atoms with Gasteiger partial charge in [-0.2, -0.15) is 16.9 Å². The van der Waals surface area contributed by atoms with Gasteiger partial charge >= 0.3 is 0 Å². The number of hydrogen-bond donors (Lipinski definition) is 4. The molecule has 0 unspecified atom stereocenters. The van der Waals surface area contributed by atoms with Crippen molar-refractivity contribution in [3.63, 3.8) is 0 Å². The van der Waals surface area contributed by atoms with Gasteiger partial charge in [0, 0.05) is 24.2 Å². The molecule has 4 N–H and O–H groups in total. The minimum atomic E-state index is -0.693. The summed E-state index contributed by atoms with van der Waals surface area (Å²) >= 11 is 1.61. The molecule has 0 bridgehead atoms. The molecule has 1 aliphatic rings. The number of hydrogen-bond acceptors (Lipinski definition) is 9. The predicted molar refractivity (Wildman–Crippen MR) is 165 cm³/mol. The number of carbonyl (C=O) groups is 2. The van der Waals surface area contributed by atoms with E-state index in [2.05, 4.69) is 26.1 Å². The average Bonchev–Trinajstić information content (AvgIpc) is 3.23. The Hall–Kier alpha value is -4.19. The number of anilines is 2. The molecule has 2 amide bonds. The van der Waals surface area contributed by atoms with E-state index in [9.17, 15) is 14.4 Å². The summed E-state index contributed by atoms with van der Waals surface area (Å²) in [6.45, 7) is 3.30. The van der Waals surface area contributed by atoms with Gasteiger partial charge in [0.1, 0.15) is 6.04 Å². The van der Waals surface area contributed by atoms with E-state index in [-0.39, 0.29) is 22.9 Å². The van der Waals surface area contributed by atoms with Gasteiger partial charge in [0.05, 0.1) is 33.1 Å². The minimum Gasteiger partial charge on any atom is -0.493 e. The lowest BCUT2D eigenvalue weighted by atomic mass is 9.95. The molecule has 1 aromatic heterocycles. The first-order valence-corrected chi connectivity index (χ1v) is 15.0. The summed E-state index contributed by atoms with van der Waals surface area (Å²) in [4.78, 5) is 39.2. The van der Waals surface area contributed by atoms with Crippen molar-refractivity contribution in [2.45, 2.75) is 45.2 Å². The monoisotopic (exact) mass is 595 g/mol. The summed E-state index contributed by atoms with van der Waals surface area (Å²) < 4.78 is 17.1. The van der Waals surface area contributed by atoms with Crippen molar-refractivity contribution in [2.75, 3.05) is 44.0 Å². The second-order valence-corrected chi connectivity index (χ2v) is 11.0. The fourth-order valence-electron chi connectivity index (χ4n) is 5.21. The molecule has 2 aromatic carbocycles. The lowest BCUT2D eigenvalue weighted by Crippen LogP contribution is -2.36. The topological polar surface area (TPSA) is 144 Å². The van der Waals surface area contributed by atoms with Crippen molar-refractivity contribution < 1.29 is 23.8 Å². The maximum absolute atomic E-state index is 13.7. The highest BCUT2D eigenvalue weighted by atomic mass is 32.2. The third-order valence-corrected chi connectivity index (χ3v) is 7.77. The SMILES string of the molecule is COc1cc2c(c(OC)c1OC)-c1ccc(N[C@@H](CCSC)C(=O)Nc3cc(C)[nH]n3)c(=O)cc1[C@@H](NC(C)=O)CC2. The molecule has 0 spiro atoms. The van der Waals surface area contributed by atoms with Gasteiger partial charge in [-0.25, -0.2) is 0 Å². The fourth-order valence-corrected chi connectivity index (χ4v) is 5.69. The highest BCUT2D eigenvalue weighted by molar-refractivity contribution is 7.98. The Labute approximate surface area is 249 Å². The van der Waals surface area contributed by atoms with Crippen LogP contribution < -0.4 is 35.6 Å². The van der Waals surface area contributed by atoms with Crippen molar-refractivity contribution in [2.24, 2.45) is 0 Å². The quantitative estimate of drug-likeness (QED) is 0.258. The highest BCUT2D eigenvalue weighted by Gasteiger charge is 2.30. The molecule has 2 atom stereocenters. The third-order valence-electron chi connectivity index (χ3n) is 7.13. The summed E-state index contributed by atoms with van der Waals surface area (Å²) in [5.74, 6) is 2.02. The number of ether oxygens (including phenoxy) is 3. The molecule has 1 aliphatic carbocycles. The van der Waals surface area contributed by atoms with Crippen molar-refractivity contribution in [3.05, 3.63) is 57.4 Å². The number of aromatic amines is 1. The van der Waals surface area contributed by atoms with Gasteiger partial charge in [0.25, 0.3) is 0 Å². The van der Waals surface area contributed by atoms with Gasteiger partial charge in [-0.1, -0.05) is 6.07 Å². The van der Waals surface area contributed by atoms with Gasteiger partial charge in [0.15, 0.2) is 17.3 Å². The van der Waals surface area contributed by atoms with Crippen LogP contribution in [0.3, 0.4) is 0 Å². The van der Waals surface area contributed by atoms with Crippen LogP contribution in [0.4, 0.5) is 11.5 Å². The number of nitrogens with one attached hydrogen (secondary N) is 4. The van der Waals surface area contributed by atoms with Crippen molar-refractivity contribution in [1.82, 2.24) is 15.5 Å². The van der Waals surface area contributed by atoms with Gasteiger partial charge in [-0.05, 0) is 73.1 Å². The molecule has 4 rings (SSSR count). The standard InChI is InChI=1S/C30H37N5O6S/c1-16-13-26(35-34-16)33-30(38)23(11-12-42-6)32-22-10-8-19-20(15-24(22)37)21(31-17(2)36)9-7-18-14-25(39-3)28(40-4)29(41-5)27(18)19/h8,10,13-15,21,23H,7,9,11-12H2,1-6H3,(H,31,36)(H,32,37)(H2,33,34,35,38)/t21-,23-/m0/s1. The highest BCUT2D eigenvalue weighted by Crippen LogP contribution is 2.50. The van der Waals surface area contributed by atoms with Crippen LogP contribution in [0.2, 0.25) is 0 Å². The zero-order chi connectivity index (χ0) is 30.4. The Morgan fingerprint density at radius 2 is 1.88 bits per heavy atom. The van der Waals surface area contributed by atoms with E-state index in [0.29, 0.717) is 59.2 Å². The van der Waals surface area contributed by atoms with Crippen LogP contribution in [0.5, 0.6) is 17.2 Å². The number of aromatic nitrogens is 2. The van der Waals surface area contributed by atoms with E-state index in [1.54, 1.807) is 38.1 Å². The van der Waals surface area contributed by atoms with E-state index in [1.165, 1.54) is 20.1 Å². The average molecular weight is 596 g/mol. The predicted octanol–water partition coefficient (Wildman–Crippen LogP) is 4.07. The first kappa shape index (κ1) is 30.8. The Kier molecular flexibility index (Phi) is 10.00. The van der Waals surface area contributed by atoms with Crippen molar-refractivity contribution in [1.29, 1.82) is 0 Å². The van der Waals surface area contributed by atoms with E-state index in [0.717, 1.165) is 16.8 Å². The summed E-state index contributed by atoms with van der Waals surface area (Å²) in [7, 11) is 4.66. The first-order chi connectivity index (χ1) is 20.2. The lowest BCUT2D eigenvalue weighted by Gasteiger charge is -2.19. The van der Waals surface area contributed by atoms with E-state index in [4.69, 9.17) is 14.2 Å². The molecular weight excluding hydrogens is 558 g/mol. The Balaban J connectivity index is 1.84. The molecule has 0 aliphatic heterocycles. The normalized spacial score (nSPS) is 14.5. The van der Waals surface area contributed by atoms with Crippen LogP contribution >= 0.6 is 11.8 Å². The van der Waals surface area contributed by atoms with Gasteiger partial charge in [0.2, 0.25) is 23.0 Å². The van der Waals surface area contributed by atoms with E-state index >= 15 is 0 Å². The van der Waals surface area contributed by atoms with Crippen molar-refractivity contribution >= 4 is 35.1 Å². The van der Waals surface area contributed by atoms with Crippen LogP contribution in [0.1, 0.15) is 42.6 Å². The number of rotatable bonds is 11. The van der Waals surface area contributed by atoms with Gasteiger partial charge in [-0.3, -0.25) is 19.5 Å². The van der Waals surface area contributed by atoms with Crippen LogP contribution in [0.25, 0.3) is 11.1 Å². The number of benzene rings is 1. The maximum atomic E-state index is 13.7. The summed E-state index contributed by atoms with van der Waals surface area (Å²) in [5, 5.41) is 15.9. The molecule has 224 valence electrons. The van der Waals surface area contributed by atoms with Crippen LogP contribution in [-0.4, -0.2) is 61.4 Å². The lowest BCUT2D eigenvalue weighted by molar-refractivity contribution is -0.120. The van der Waals surface area contributed by atoms with Crippen LogP contribution in [0, 0.1) is 6.92 Å². The number of nitrogens with zero attached hydrogens (tertiary/aromatic N) is 1. The number of H-pyrrole nitrogens is 1. The molecule has 42 heavy (non-hydrogen) atoms. The summed E-state index contributed by atoms with van der Waals surface area (Å²) in [6, 6.07) is 7.55. The smallest absolute Gasteiger partial charge is 0.248 e. The fraction of sp³-hybridized carbons (Fsp3) is 0.400. The molecule has 0 saturated heterocycles. The Morgan fingerprint density at radius 1 is 1.12 bits per heavy atom. The van der Waals surface area contributed by atoms with Crippen LogP contribution in [0.15, 0.2) is 35.1 Å². The summed E-state index contributed by atoms with van der Waals surface area (Å²) in [5.41, 5.74) is 3.79. The number of fused-ring (bicyclic) bond motifs is 3. The minimum absolute atomic E-state index is 0.210. The first-order valence-electron chi connectivity index (χ1n) is 13.6. The molecule has 11 nitrogen and oxygen atoms in total. The second-order valence-electron chi connectivity index (χ2n) is 10.00. The molecular formula is C30H37N5O6S. The summed E-state index contributed by atoms with van der Waals surface area (Å²) in [6.07, 6.45) is 3.59. The third kappa shape index (κ3) is 6.64. The van der Waals surface area contributed by atoms with E-state index in [1.807, 2.05) is 25.3 Å². The second kappa shape index (κ2) is 13.6. The molecule has 12 heteroatoms. The largest absolute Gasteiger partial charge is 0.493 e. The number of methoxy groups -OCH3 is 3. The van der Waals surface area contributed by atoms with E-state index < -0.39 is 12.1 Å². The molecule has 3 aromatic rings. The van der Waals surface area contributed by atoms with Crippen molar-refractivity contribution in [3.8, 4) is 28.4 Å². The number of thioether (sulfide) groups is 1. The molecule has 0 radical (unpaired) electrons. The zero-order valence-corrected chi connectivity index (χ0v) is 25.5. The molecule has 0 saturated carbocycles. The molecule has 1 heterocycles. The Bertz CT molecular complexity index is 1520. The van der Waals surface area contributed by atoms with Crippen LogP contribution in [-0.2, 0) is 16.0 Å². The Morgan fingerprint density at radius 3 is 2.50 bits per heavy atom. The maximum Gasteiger partial charge on any atom is 0.248 e. The molecule has 0 fully saturated rings. The van der Waals surface area contributed by atoms with Gasteiger partial charge in [-0.15, -0.1) is 0 Å². The number of carbonyl (C=O) groups excluding carboxylic acids is 2. The van der Waals surface area contributed by atoms with Gasteiger partial charge < -0.3 is 30.2 Å². The number of aryl methyl sites for hydroxylation is 2.